The van der Waals surface area contributed by atoms with E-state index in [0.29, 0.717) is 24.2 Å². The number of rotatable bonds is 8. The van der Waals surface area contributed by atoms with Gasteiger partial charge in [-0.15, -0.1) is 0 Å². The van der Waals surface area contributed by atoms with E-state index >= 15 is 0 Å². The first kappa shape index (κ1) is 21.6. The van der Waals surface area contributed by atoms with Crippen LogP contribution in [0.15, 0.2) is 24.3 Å². The molecule has 1 unspecified atom stereocenters. The molecule has 0 aliphatic carbocycles. The largest absolute Gasteiger partial charge is 3.00 e. The minimum Gasteiger partial charge on any atom is -0.497 e. The van der Waals surface area contributed by atoms with Crippen LogP contribution in [0.2, 0.25) is 0 Å². The smallest absolute Gasteiger partial charge is 0.497 e. The number of anilines is 1. The molecule has 0 aliphatic rings. The van der Waals surface area contributed by atoms with Gasteiger partial charge >= 0.3 is 32.7 Å². The van der Waals surface area contributed by atoms with Crippen LogP contribution in [0.1, 0.15) is 38.8 Å². The molecule has 1 atom stereocenters. The maximum atomic E-state index is 5.86. The Morgan fingerprint density at radius 3 is 2.52 bits per heavy atom. The van der Waals surface area contributed by atoms with Crippen molar-refractivity contribution in [1.29, 1.82) is 0 Å². The van der Waals surface area contributed by atoms with Gasteiger partial charge in [-0.05, 0) is 25.5 Å². The average molecular weight is 418 g/mol. The second-order valence-electron chi connectivity index (χ2n) is 5.77. The summed E-state index contributed by atoms with van der Waals surface area (Å²) >= 11 is 0. The topological polar surface area (TPSA) is 69.2 Å². The van der Waals surface area contributed by atoms with Crippen molar-refractivity contribution in [3.05, 3.63) is 41.8 Å². The Morgan fingerprint density at radius 1 is 1.16 bits per heavy atom. The van der Waals surface area contributed by atoms with E-state index in [-0.39, 0.29) is 38.8 Å². The van der Waals surface area contributed by atoms with E-state index < -0.39 is 0 Å². The van der Waals surface area contributed by atoms with Crippen LogP contribution >= 0.6 is 0 Å². The van der Waals surface area contributed by atoms with Gasteiger partial charge in [0.1, 0.15) is 23.9 Å². The van der Waals surface area contributed by atoms with Crippen LogP contribution in [0, 0.1) is 12.8 Å². The third kappa shape index (κ3) is 6.79. The van der Waals surface area contributed by atoms with Crippen molar-refractivity contribution < 1.29 is 42.2 Å². The van der Waals surface area contributed by atoms with Crippen molar-refractivity contribution in [2.24, 2.45) is 0 Å². The van der Waals surface area contributed by atoms with E-state index in [1.807, 2.05) is 45.0 Å². The van der Waals surface area contributed by atoms with E-state index in [1.54, 1.807) is 7.11 Å². The Morgan fingerprint density at radius 2 is 1.88 bits per heavy atom. The van der Waals surface area contributed by atoms with Gasteiger partial charge in [0, 0.05) is 11.9 Å². The first-order valence-electron chi connectivity index (χ1n) is 8.08. The van der Waals surface area contributed by atoms with Gasteiger partial charge in [-0.2, -0.15) is 18.8 Å². The molecule has 0 aliphatic heterocycles. The molecule has 0 saturated carbocycles. The van der Waals surface area contributed by atoms with Crippen LogP contribution in [0.5, 0.6) is 11.5 Å². The monoisotopic (exact) mass is 418 g/mol. The summed E-state index contributed by atoms with van der Waals surface area (Å²) in [6, 6.07) is 7.68. The van der Waals surface area contributed by atoms with Gasteiger partial charge in [-0.25, -0.2) is 4.98 Å². The molecule has 0 bridgehead atoms. The molecule has 7 heteroatoms. The molecule has 0 amide bonds. The fourth-order valence-corrected chi connectivity index (χ4v) is 2.10. The first-order valence-corrected chi connectivity index (χ1v) is 8.08. The normalized spacial score (nSPS) is 11.2. The van der Waals surface area contributed by atoms with Gasteiger partial charge in [0.15, 0.2) is 0 Å². The Hall–Kier alpha value is -1.40. The molecule has 130 valence electrons. The number of methoxy groups -OCH3 is 1. The molecule has 1 heterocycles. The van der Waals surface area contributed by atoms with Crippen LogP contribution < -0.4 is 14.8 Å². The maximum Gasteiger partial charge on any atom is 3.00 e. The van der Waals surface area contributed by atoms with Gasteiger partial charge in [0.25, 0.3) is 0 Å². The standard InChI is InChI=1S/C18H25N4O2.Y/c1-6-14(11-24-16-9-7-8-15(10-16)23-5)21-18-20-13(4)19-17(22-18)12(2)3;/h7-10,14H,6,11H2,1-5H3,(H,19,20,21,22);/q-1;+3. The molecule has 0 fully saturated rings. The van der Waals surface area contributed by atoms with Crippen molar-refractivity contribution in [2.75, 3.05) is 19.0 Å². The number of hydrogen-bond acceptors (Lipinski definition) is 6. The van der Waals surface area contributed by atoms with Crippen molar-refractivity contribution in [3.8, 4) is 11.5 Å². The predicted octanol–water partition coefficient (Wildman–Crippen LogP) is 3.42. The van der Waals surface area contributed by atoms with E-state index in [1.165, 1.54) is 0 Å². The third-order valence-corrected chi connectivity index (χ3v) is 3.51. The zero-order valence-electron chi connectivity index (χ0n) is 15.5. The summed E-state index contributed by atoms with van der Waals surface area (Å²) in [7, 11) is 1.64. The summed E-state index contributed by atoms with van der Waals surface area (Å²) in [6.45, 7) is 8.45. The minimum atomic E-state index is 0. The number of benzene rings is 1. The quantitative estimate of drug-likeness (QED) is 0.663. The summed E-state index contributed by atoms with van der Waals surface area (Å²) in [4.78, 5) is 13.2. The first-order chi connectivity index (χ1) is 11.5. The van der Waals surface area contributed by atoms with E-state index in [9.17, 15) is 0 Å². The maximum absolute atomic E-state index is 5.86. The Balaban J connectivity index is 0.00000312. The summed E-state index contributed by atoms with van der Waals surface area (Å²) in [5.41, 5.74) is 0. The zero-order chi connectivity index (χ0) is 17.5. The molecule has 25 heavy (non-hydrogen) atoms. The number of nitrogens with zero attached hydrogens (tertiary/aromatic N) is 3. The van der Waals surface area contributed by atoms with Crippen molar-refractivity contribution in [1.82, 2.24) is 15.0 Å². The van der Waals surface area contributed by atoms with Gasteiger partial charge in [0.2, 0.25) is 5.95 Å². The average Bonchev–Trinajstić information content (AvgIpc) is 2.58. The van der Waals surface area contributed by atoms with Crippen LogP contribution in [0.25, 0.3) is 0 Å². The second kappa shape index (κ2) is 10.6. The summed E-state index contributed by atoms with van der Waals surface area (Å²) < 4.78 is 11.1. The van der Waals surface area contributed by atoms with Crippen LogP contribution in [-0.2, 0) is 32.7 Å². The van der Waals surface area contributed by atoms with E-state index in [0.717, 1.165) is 23.8 Å². The van der Waals surface area contributed by atoms with Crippen molar-refractivity contribution >= 4 is 5.95 Å². The third-order valence-electron chi connectivity index (χ3n) is 3.51. The number of ether oxygens (including phenoxy) is 2. The molecular formula is C18H25N4O2Y+2. The van der Waals surface area contributed by atoms with Crippen molar-refractivity contribution in [3.63, 3.8) is 0 Å². The molecule has 1 aromatic carbocycles. The molecular weight excluding hydrogens is 393 g/mol. The summed E-state index contributed by atoms with van der Waals surface area (Å²) in [5, 5.41) is 3.33. The van der Waals surface area contributed by atoms with Gasteiger partial charge in [-0.3, -0.25) is 4.98 Å². The summed E-state index contributed by atoms with van der Waals surface area (Å²) in [5.74, 6) is 4.62. The molecule has 2 aromatic rings. The SMILES string of the molecule is CCC(COc1cccc(OC)c1)Nc1nc(C)nc([C-](C)C)n1.[Y+3]. The van der Waals surface area contributed by atoms with Gasteiger partial charge < -0.3 is 20.7 Å². The fourth-order valence-electron chi connectivity index (χ4n) is 2.10. The molecule has 6 nitrogen and oxygen atoms in total. The summed E-state index contributed by atoms with van der Waals surface area (Å²) in [6.07, 6.45) is 0.888. The Kier molecular flexibility index (Phi) is 9.15. The number of nitrogens with one attached hydrogen (secondary N) is 1. The molecule has 1 aromatic heterocycles. The molecule has 0 saturated heterocycles. The zero-order valence-corrected chi connectivity index (χ0v) is 18.4. The number of aromatic nitrogens is 3. The Labute approximate surface area is 175 Å². The number of hydrogen-bond donors (Lipinski definition) is 1. The van der Waals surface area contributed by atoms with E-state index in [4.69, 9.17) is 9.47 Å². The minimum absolute atomic E-state index is 0. The van der Waals surface area contributed by atoms with E-state index in [2.05, 4.69) is 27.2 Å². The molecule has 1 N–H and O–H groups in total. The van der Waals surface area contributed by atoms with Crippen LogP contribution in [0.3, 0.4) is 0 Å². The molecule has 0 spiro atoms. The molecule has 0 radical (unpaired) electrons. The van der Waals surface area contributed by atoms with Crippen LogP contribution in [0.4, 0.5) is 5.95 Å². The second-order valence-corrected chi connectivity index (χ2v) is 5.77. The van der Waals surface area contributed by atoms with Crippen LogP contribution in [-0.4, -0.2) is 34.7 Å². The predicted molar refractivity (Wildman–Crippen MR) is 94.4 cm³/mol. The fraction of sp³-hybridized carbons (Fsp3) is 0.444. The molecule has 2 rings (SSSR count). The number of aryl methyl sites for hydroxylation is 1. The Bertz CT molecular complexity index is 667. The van der Waals surface area contributed by atoms with Gasteiger partial charge in [0.05, 0.1) is 13.2 Å². The van der Waals surface area contributed by atoms with Crippen molar-refractivity contribution in [2.45, 2.75) is 40.2 Å². The van der Waals surface area contributed by atoms with Gasteiger partial charge in [-0.1, -0.05) is 13.0 Å².